The van der Waals surface area contributed by atoms with Crippen molar-refractivity contribution in [1.29, 1.82) is 0 Å². The maximum atomic E-state index is 12.7. The van der Waals surface area contributed by atoms with Crippen molar-refractivity contribution in [2.24, 2.45) is 0 Å². The zero-order valence-corrected chi connectivity index (χ0v) is 18.8. The predicted octanol–water partition coefficient (Wildman–Crippen LogP) is 5.04. The molecule has 0 fully saturated rings. The Bertz CT molecular complexity index is 1240. The number of hydrogen-bond acceptors (Lipinski definition) is 6. The summed E-state index contributed by atoms with van der Waals surface area (Å²) in [5.74, 6) is 1.65. The first kappa shape index (κ1) is 22.7. The average molecular weight is 460 g/mol. The molecule has 9 nitrogen and oxygen atoms in total. The molecule has 0 atom stereocenters. The van der Waals surface area contributed by atoms with E-state index >= 15 is 0 Å². The molecular formula is C25H24N4O5. The van der Waals surface area contributed by atoms with E-state index in [1.165, 1.54) is 0 Å². The van der Waals surface area contributed by atoms with Gasteiger partial charge in [0.2, 0.25) is 0 Å². The van der Waals surface area contributed by atoms with E-state index in [9.17, 15) is 9.59 Å². The van der Waals surface area contributed by atoms with Crippen molar-refractivity contribution in [3.05, 3.63) is 95.3 Å². The van der Waals surface area contributed by atoms with Crippen LogP contribution in [0.1, 0.15) is 33.1 Å². The molecule has 0 bridgehead atoms. The van der Waals surface area contributed by atoms with E-state index in [0.717, 1.165) is 11.3 Å². The molecule has 4 rings (SSSR count). The minimum absolute atomic E-state index is 0.278. The summed E-state index contributed by atoms with van der Waals surface area (Å²) in [4.78, 5) is 24.7. The Morgan fingerprint density at radius 1 is 0.971 bits per heavy atom. The Morgan fingerprint density at radius 3 is 2.41 bits per heavy atom. The summed E-state index contributed by atoms with van der Waals surface area (Å²) in [6.07, 6.45) is 1.55. The van der Waals surface area contributed by atoms with Crippen LogP contribution in [-0.4, -0.2) is 17.1 Å². The first-order valence-corrected chi connectivity index (χ1v) is 10.6. The van der Waals surface area contributed by atoms with Crippen molar-refractivity contribution >= 4 is 23.3 Å². The number of ether oxygens (including phenoxy) is 1. The lowest BCUT2D eigenvalue weighted by molar-refractivity contribution is 0.102. The van der Waals surface area contributed by atoms with E-state index in [2.05, 4.69) is 21.1 Å². The summed E-state index contributed by atoms with van der Waals surface area (Å²) in [5.41, 5.74) is 3.30. The lowest BCUT2D eigenvalue weighted by atomic mass is 10.2. The fourth-order valence-corrected chi connectivity index (χ4v) is 3.19. The minimum atomic E-state index is -0.360. The third-order valence-electron chi connectivity index (χ3n) is 5.06. The second-order valence-electron chi connectivity index (χ2n) is 7.54. The summed E-state index contributed by atoms with van der Waals surface area (Å²) < 4.78 is 16.1. The zero-order chi connectivity index (χ0) is 23.9. The average Bonchev–Trinajstić information content (AvgIpc) is 3.47. The lowest BCUT2D eigenvalue weighted by Gasteiger charge is -2.10. The molecular weight excluding hydrogens is 436 g/mol. The minimum Gasteiger partial charge on any atom is -0.489 e. The summed E-state index contributed by atoms with van der Waals surface area (Å²) in [6, 6.07) is 16.9. The summed E-state index contributed by atoms with van der Waals surface area (Å²) >= 11 is 0. The second-order valence-corrected chi connectivity index (χ2v) is 7.54. The van der Waals surface area contributed by atoms with Crippen molar-refractivity contribution in [3.8, 4) is 5.75 Å². The van der Waals surface area contributed by atoms with Gasteiger partial charge in [-0.3, -0.25) is 4.79 Å². The van der Waals surface area contributed by atoms with Gasteiger partial charge in [-0.05, 0) is 68.4 Å². The number of aryl methyl sites for hydroxylation is 2. The van der Waals surface area contributed by atoms with Crippen LogP contribution < -0.4 is 20.7 Å². The highest BCUT2D eigenvalue weighted by molar-refractivity contribution is 6.04. The first-order valence-electron chi connectivity index (χ1n) is 10.6. The molecule has 34 heavy (non-hydrogen) atoms. The smallest absolute Gasteiger partial charge is 0.319 e. The van der Waals surface area contributed by atoms with Crippen LogP contribution in [-0.2, 0) is 13.2 Å². The molecule has 0 aliphatic carbocycles. The van der Waals surface area contributed by atoms with Crippen LogP contribution in [0.3, 0.4) is 0 Å². The largest absolute Gasteiger partial charge is 0.489 e. The number of rotatable bonds is 8. The van der Waals surface area contributed by atoms with Gasteiger partial charge in [-0.1, -0.05) is 11.2 Å². The summed E-state index contributed by atoms with van der Waals surface area (Å²) in [5, 5.41) is 12.2. The van der Waals surface area contributed by atoms with E-state index in [1.807, 2.05) is 13.8 Å². The molecule has 2 aromatic heterocycles. The molecule has 174 valence electrons. The number of carbonyl (C=O) groups excluding carboxylic acids is 2. The monoisotopic (exact) mass is 460 g/mol. The normalized spacial score (nSPS) is 10.5. The number of anilines is 2. The van der Waals surface area contributed by atoms with Crippen LogP contribution in [0.15, 0.2) is 75.9 Å². The molecule has 3 amide bonds. The van der Waals surface area contributed by atoms with Gasteiger partial charge >= 0.3 is 6.03 Å². The second kappa shape index (κ2) is 10.4. The molecule has 2 aromatic carbocycles. The van der Waals surface area contributed by atoms with Crippen LogP contribution >= 0.6 is 0 Å². The third-order valence-corrected chi connectivity index (χ3v) is 5.06. The molecule has 0 saturated heterocycles. The lowest BCUT2D eigenvalue weighted by Crippen LogP contribution is -2.27. The van der Waals surface area contributed by atoms with Gasteiger partial charge in [-0.15, -0.1) is 0 Å². The number of furan rings is 1. The zero-order valence-electron chi connectivity index (χ0n) is 18.8. The van der Waals surface area contributed by atoms with Crippen LogP contribution in [0.25, 0.3) is 0 Å². The molecule has 0 radical (unpaired) electrons. The highest BCUT2D eigenvalue weighted by atomic mass is 16.5. The Balaban J connectivity index is 1.30. The van der Waals surface area contributed by atoms with E-state index in [4.69, 9.17) is 13.7 Å². The highest BCUT2D eigenvalue weighted by Gasteiger charge is 2.12. The Hall–Kier alpha value is -4.53. The van der Waals surface area contributed by atoms with Gasteiger partial charge in [-0.2, -0.15) is 0 Å². The number of nitrogens with zero attached hydrogens (tertiary/aromatic N) is 1. The third kappa shape index (κ3) is 5.83. The van der Waals surface area contributed by atoms with E-state index in [0.29, 0.717) is 40.8 Å². The van der Waals surface area contributed by atoms with Crippen molar-refractivity contribution in [3.63, 3.8) is 0 Å². The van der Waals surface area contributed by atoms with E-state index in [1.54, 1.807) is 66.9 Å². The molecule has 4 aromatic rings. The molecule has 0 spiro atoms. The number of hydrogen-bond donors (Lipinski definition) is 3. The summed E-state index contributed by atoms with van der Waals surface area (Å²) in [7, 11) is 0. The fraction of sp³-hybridized carbons (Fsp3) is 0.160. The first-order chi connectivity index (χ1) is 16.5. The van der Waals surface area contributed by atoms with Gasteiger partial charge < -0.3 is 29.6 Å². The van der Waals surface area contributed by atoms with Gasteiger partial charge in [0.15, 0.2) is 0 Å². The number of urea groups is 1. The number of benzene rings is 2. The Labute approximate surface area is 196 Å². The molecule has 0 aliphatic heterocycles. The van der Waals surface area contributed by atoms with Crippen molar-refractivity contribution in [1.82, 2.24) is 10.5 Å². The molecule has 0 unspecified atom stereocenters. The highest BCUT2D eigenvalue weighted by Crippen LogP contribution is 2.20. The van der Waals surface area contributed by atoms with Crippen molar-refractivity contribution in [2.75, 3.05) is 10.6 Å². The van der Waals surface area contributed by atoms with Crippen LogP contribution in [0.2, 0.25) is 0 Å². The molecule has 9 heteroatoms. The van der Waals surface area contributed by atoms with Gasteiger partial charge in [0, 0.05) is 16.9 Å². The van der Waals surface area contributed by atoms with Gasteiger partial charge in [0.25, 0.3) is 5.91 Å². The number of aromatic nitrogens is 1. The van der Waals surface area contributed by atoms with Crippen LogP contribution in [0.5, 0.6) is 5.75 Å². The quantitative estimate of drug-likeness (QED) is 0.339. The van der Waals surface area contributed by atoms with Gasteiger partial charge in [0.1, 0.15) is 23.9 Å². The topological polar surface area (TPSA) is 119 Å². The maximum Gasteiger partial charge on any atom is 0.319 e. The van der Waals surface area contributed by atoms with Gasteiger partial charge in [0.05, 0.1) is 24.1 Å². The molecule has 3 N–H and O–H groups in total. The fourth-order valence-electron chi connectivity index (χ4n) is 3.19. The number of carbonyl (C=O) groups is 2. The standard InChI is InChI=1S/C25H24N4O5/c1-16-23(17(2)34-29-16)15-33-21-6-3-5-18(13-21)24(30)27-19-8-10-20(11-9-19)28-25(31)26-14-22-7-4-12-32-22/h3-13H,14-15H2,1-2H3,(H,27,30)(H2,26,28,31). The Kier molecular flexibility index (Phi) is 6.92. The van der Waals surface area contributed by atoms with E-state index < -0.39 is 0 Å². The number of nitrogens with one attached hydrogen (secondary N) is 3. The molecule has 0 aliphatic rings. The molecule has 2 heterocycles. The van der Waals surface area contributed by atoms with Crippen LogP contribution in [0, 0.1) is 13.8 Å². The van der Waals surface area contributed by atoms with Crippen molar-refractivity contribution in [2.45, 2.75) is 27.0 Å². The predicted molar refractivity (Wildman–Crippen MR) is 126 cm³/mol. The van der Waals surface area contributed by atoms with Gasteiger partial charge in [-0.25, -0.2) is 4.79 Å². The SMILES string of the molecule is Cc1noc(C)c1COc1cccc(C(=O)Nc2ccc(NC(=O)NCc3ccco3)cc2)c1. The van der Waals surface area contributed by atoms with E-state index in [-0.39, 0.29) is 18.5 Å². The van der Waals surface area contributed by atoms with Crippen molar-refractivity contribution < 1.29 is 23.3 Å². The molecule has 0 saturated carbocycles. The number of amides is 3. The Morgan fingerprint density at radius 2 is 1.74 bits per heavy atom. The maximum absolute atomic E-state index is 12.7. The van der Waals surface area contributed by atoms with Crippen LogP contribution in [0.4, 0.5) is 16.2 Å². The summed E-state index contributed by atoms with van der Waals surface area (Å²) in [6.45, 7) is 4.27.